The molecule has 2 aliphatic rings. The monoisotopic (exact) mass is 588 g/mol. The third-order valence-electron chi connectivity index (χ3n) is 7.66. The Balaban J connectivity index is 1.58. The normalized spacial score (nSPS) is 17.6. The highest BCUT2D eigenvalue weighted by atomic mass is 19.4. The molecule has 42 heavy (non-hydrogen) atoms. The minimum atomic E-state index is -4.59. The van der Waals surface area contributed by atoms with Crippen LogP contribution < -0.4 is 24.2 Å². The number of halogens is 4. The molecule has 1 unspecified atom stereocenters. The Morgan fingerprint density at radius 1 is 0.929 bits per heavy atom. The van der Waals surface area contributed by atoms with Gasteiger partial charge in [0.05, 0.1) is 38.3 Å². The number of anilines is 3. The number of piperazine rings is 1. The van der Waals surface area contributed by atoms with Crippen LogP contribution in [0.1, 0.15) is 11.1 Å². The number of rotatable bonds is 7. The number of carbonyl (C=O) groups excluding carboxylic acids is 1. The van der Waals surface area contributed by atoms with Crippen molar-refractivity contribution >= 4 is 23.0 Å². The van der Waals surface area contributed by atoms with Gasteiger partial charge in [-0.1, -0.05) is 18.2 Å². The second-order valence-corrected chi connectivity index (χ2v) is 10.0. The minimum Gasteiger partial charge on any atom is -0.497 e. The number of hydrogen-bond donors (Lipinski definition) is 0. The van der Waals surface area contributed by atoms with Crippen LogP contribution in [0.5, 0.6) is 11.5 Å². The van der Waals surface area contributed by atoms with Crippen molar-refractivity contribution in [3.63, 3.8) is 0 Å². The van der Waals surface area contributed by atoms with Crippen LogP contribution in [-0.2, 0) is 22.3 Å². The van der Waals surface area contributed by atoms with E-state index in [4.69, 9.17) is 14.2 Å². The Labute approximate surface area is 241 Å². The van der Waals surface area contributed by atoms with E-state index in [1.165, 1.54) is 26.4 Å². The van der Waals surface area contributed by atoms with Crippen LogP contribution in [0.3, 0.4) is 0 Å². The molecule has 0 aliphatic carbocycles. The second kappa shape index (κ2) is 12.0. The SMILES string of the molecule is COC(=O)CN1c2c(F)cccc2CN(c2cc(C(F)(F)F)ccc2OC)C1N1CCN(c2cccc(OC)c2)CC1. The lowest BCUT2D eigenvalue weighted by atomic mass is 10.0. The number of methoxy groups -OCH3 is 3. The van der Waals surface area contributed by atoms with Gasteiger partial charge in [-0.05, 0) is 42.0 Å². The van der Waals surface area contributed by atoms with Crippen molar-refractivity contribution in [3.05, 3.63) is 77.6 Å². The quantitative estimate of drug-likeness (QED) is 0.284. The smallest absolute Gasteiger partial charge is 0.416 e. The van der Waals surface area contributed by atoms with Gasteiger partial charge < -0.3 is 28.9 Å². The van der Waals surface area contributed by atoms with Crippen molar-refractivity contribution in [1.82, 2.24) is 4.90 Å². The number of benzene rings is 3. The Kier molecular flexibility index (Phi) is 8.35. The second-order valence-electron chi connectivity index (χ2n) is 10.0. The summed E-state index contributed by atoms with van der Waals surface area (Å²) in [5.74, 6) is -0.198. The predicted octanol–water partition coefficient (Wildman–Crippen LogP) is 4.97. The summed E-state index contributed by atoms with van der Waals surface area (Å²) in [7, 11) is 4.23. The highest BCUT2D eigenvalue weighted by Gasteiger charge is 2.42. The van der Waals surface area contributed by atoms with E-state index in [1.807, 2.05) is 29.2 Å². The summed E-state index contributed by atoms with van der Waals surface area (Å²) in [5, 5.41) is 0. The fourth-order valence-corrected chi connectivity index (χ4v) is 5.64. The highest BCUT2D eigenvalue weighted by molar-refractivity contribution is 5.78. The van der Waals surface area contributed by atoms with Crippen molar-refractivity contribution in [2.75, 3.05) is 68.8 Å². The molecular weight excluding hydrogens is 556 g/mol. The van der Waals surface area contributed by atoms with E-state index >= 15 is 4.39 Å². The number of alkyl halides is 3. The lowest BCUT2D eigenvalue weighted by Gasteiger charge is -2.52. The third-order valence-corrected chi connectivity index (χ3v) is 7.66. The van der Waals surface area contributed by atoms with Crippen molar-refractivity contribution in [1.29, 1.82) is 0 Å². The molecule has 3 aromatic rings. The maximum atomic E-state index is 15.4. The fourth-order valence-electron chi connectivity index (χ4n) is 5.64. The molecule has 8 nitrogen and oxygen atoms in total. The van der Waals surface area contributed by atoms with E-state index in [2.05, 4.69) is 4.90 Å². The average molecular weight is 589 g/mol. The maximum Gasteiger partial charge on any atom is 0.416 e. The third kappa shape index (κ3) is 5.76. The summed E-state index contributed by atoms with van der Waals surface area (Å²) >= 11 is 0. The van der Waals surface area contributed by atoms with Crippen molar-refractivity contribution in [2.45, 2.75) is 19.0 Å². The summed E-state index contributed by atoms with van der Waals surface area (Å²) < 4.78 is 72.9. The van der Waals surface area contributed by atoms with Gasteiger partial charge >= 0.3 is 12.1 Å². The lowest BCUT2D eigenvalue weighted by Crippen LogP contribution is -2.65. The molecule has 1 atom stereocenters. The lowest BCUT2D eigenvalue weighted by molar-refractivity contribution is -0.139. The van der Waals surface area contributed by atoms with Crippen LogP contribution in [0, 0.1) is 5.82 Å². The Morgan fingerprint density at radius 2 is 1.67 bits per heavy atom. The molecule has 0 radical (unpaired) electrons. The van der Waals surface area contributed by atoms with E-state index in [1.54, 1.807) is 29.0 Å². The van der Waals surface area contributed by atoms with Gasteiger partial charge in [-0.3, -0.25) is 9.69 Å². The first-order valence-corrected chi connectivity index (χ1v) is 13.4. The molecule has 0 aromatic heterocycles. The summed E-state index contributed by atoms with van der Waals surface area (Å²) in [5.41, 5.74) is 1.04. The van der Waals surface area contributed by atoms with Crippen LogP contribution >= 0.6 is 0 Å². The van der Waals surface area contributed by atoms with E-state index in [0.29, 0.717) is 31.7 Å². The summed E-state index contributed by atoms with van der Waals surface area (Å²) in [6.45, 7) is 1.87. The largest absolute Gasteiger partial charge is 0.497 e. The molecule has 224 valence electrons. The van der Waals surface area contributed by atoms with Crippen molar-refractivity contribution < 1.29 is 36.6 Å². The number of carbonyl (C=O) groups is 1. The number of nitrogens with zero attached hydrogens (tertiary/aromatic N) is 4. The molecule has 0 saturated carbocycles. The molecule has 0 N–H and O–H groups in total. The van der Waals surface area contributed by atoms with Gasteiger partial charge in [0.25, 0.3) is 0 Å². The molecule has 12 heteroatoms. The topological polar surface area (TPSA) is 57.7 Å². The van der Waals surface area contributed by atoms with Crippen LogP contribution in [-0.4, -0.2) is 71.2 Å². The van der Waals surface area contributed by atoms with E-state index in [0.717, 1.165) is 23.6 Å². The van der Waals surface area contributed by atoms with Gasteiger partial charge in [-0.2, -0.15) is 13.2 Å². The van der Waals surface area contributed by atoms with Crippen LogP contribution in [0.4, 0.5) is 34.6 Å². The molecule has 1 saturated heterocycles. The van der Waals surface area contributed by atoms with Gasteiger partial charge in [0.1, 0.15) is 23.9 Å². The predicted molar refractivity (Wildman–Crippen MR) is 151 cm³/mol. The van der Waals surface area contributed by atoms with Gasteiger partial charge in [0.2, 0.25) is 0 Å². The summed E-state index contributed by atoms with van der Waals surface area (Å²) in [4.78, 5) is 20.2. The van der Waals surface area contributed by atoms with Crippen molar-refractivity contribution in [3.8, 4) is 11.5 Å². The Bertz CT molecular complexity index is 1430. The molecule has 2 aliphatic heterocycles. The van der Waals surface area contributed by atoms with Crippen LogP contribution in [0.15, 0.2) is 60.7 Å². The van der Waals surface area contributed by atoms with Crippen molar-refractivity contribution in [2.24, 2.45) is 0 Å². The number of para-hydroxylation sites is 1. The fraction of sp³-hybridized carbons (Fsp3) is 0.367. The van der Waals surface area contributed by atoms with Gasteiger partial charge in [-0.25, -0.2) is 4.39 Å². The Morgan fingerprint density at radius 3 is 2.33 bits per heavy atom. The van der Waals surface area contributed by atoms with E-state index < -0.39 is 29.8 Å². The number of fused-ring (bicyclic) bond motifs is 1. The summed E-state index contributed by atoms with van der Waals surface area (Å²) in [6, 6.07) is 15.5. The van der Waals surface area contributed by atoms with E-state index in [-0.39, 0.29) is 30.2 Å². The molecular formula is C30H32F4N4O4. The first kappa shape index (κ1) is 29.3. The zero-order valence-electron chi connectivity index (χ0n) is 23.5. The molecule has 0 spiro atoms. The first-order valence-electron chi connectivity index (χ1n) is 13.4. The maximum absolute atomic E-state index is 15.4. The molecule has 5 rings (SSSR count). The zero-order valence-corrected chi connectivity index (χ0v) is 23.5. The van der Waals surface area contributed by atoms with E-state index in [9.17, 15) is 18.0 Å². The average Bonchev–Trinajstić information content (AvgIpc) is 3.00. The molecule has 3 aromatic carbocycles. The summed E-state index contributed by atoms with van der Waals surface area (Å²) in [6.07, 6.45) is -5.41. The van der Waals surface area contributed by atoms with Gasteiger partial charge in [0.15, 0.2) is 6.29 Å². The van der Waals surface area contributed by atoms with Crippen LogP contribution in [0.2, 0.25) is 0 Å². The van der Waals surface area contributed by atoms with Gasteiger partial charge in [-0.15, -0.1) is 0 Å². The molecule has 0 bridgehead atoms. The number of ether oxygens (including phenoxy) is 3. The minimum absolute atomic E-state index is 0.0865. The number of esters is 1. The molecule has 2 heterocycles. The number of hydrogen-bond acceptors (Lipinski definition) is 8. The van der Waals surface area contributed by atoms with Gasteiger partial charge in [0, 0.05) is 44.5 Å². The molecule has 1 fully saturated rings. The standard InChI is InChI=1S/C30H32F4N4O4/c1-40-23-8-5-7-22(17-23)35-12-14-36(15-13-35)29-37(25-16-21(30(32,33)34)10-11-26(25)41-2)18-20-6-4-9-24(31)28(20)38(29)19-27(39)42-3/h4-11,16-17,29H,12-15,18-19H2,1-3H3. The highest BCUT2D eigenvalue weighted by Crippen LogP contribution is 2.43. The Hall–Kier alpha value is -4.19. The zero-order chi connectivity index (χ0) is 30.0. The van der Waals surface area contributed by atoms with Crippen LogP contribution in [0.25, 0.3) is 0 Å². The first-order chi connectivity index (χ1) is 20.1. The molecule has 0 amide bonds.